The van der Waals surface area contributed by atoms with E-state index >= 15 is 0 Å². The van der Waals surface area contributed by atoms with Crippen molar-refractivity contribution < 1.29 is 31.9 Å². The lowest BCUT2D eigenvalue weighted by Gasteiger charge is -2.33. The second-order valence-corrected chi connectivity index (χ2v) is 12.0. The van der Waals surface area contributed by atoms with E-state index < -0.39 is 34.3 Å². The number of hydrogen-bond donors (Lipinski definition) is 1. The molecule has 0 heterocycles. The summed E-state index contributed by atoms with van der Waals surface area (Å²) >= 11 is 6.07. The summed E-state index contributed by atoms with van der Waals surface area (Å²) in [6.07, 6.45) is 0.259. The second kappa shape index (κ2) is 14.4. The van der Waals surface area contributed by atoms with Gasteiger partial charge in [0.15, 0.2) is 11.5 Å². The molecule has 1 atom stereocenters. The van der Waals surface area contributed by atoms with Crippen molar-refractivity contribution in [3.63, 3.8) is 0 Å². The van der Waals surface area contributed by atoms with Gasteiger partial charge in [-0.3, -0.25) is 13.9 Å². The van der Waals surface area contributed by atoms with Crippen LogP contribution in [-0.4, -0.2) is 58.0 Å². The Labute approximate surface area is 251 Å². The van der Waals surface area contributed by atoms with E-state index in [9.17, 15) is 22.4 Å². The summed E-state index contributed by atoms with van der Waals surface area (Å²) in [5, 5.41) is 3.21. The molecule has 42 heavy (non-hydrogen) atoms. The number of nitrogens with one attached hydrogen (secondary N) is 1. The predicted octanol–water partition coefficient (Wildman–Crippen LogP) is 5.02. The maximum Gasteiger partial charge on any atom is 0.264 e. The van der Waals surface area contributed by atoms with Crippen LogP contribution in [0.5, 0.6) is 11.5 Å². The van der Waals surface area contributed by atoms with Crippen molar-refractivity contribution in [2.75, 3.05) is 25.1 Å². The Morgan fingerprint density at radius 2 is 1.57 bits per heavy atom. The minimum atomic E-state index is -4.35. The molecule has 0 fully saturated rings. The molecule has 0 bridgehead atoms. The zero-order valence-electron chi connectivity index (χ0n) is 24.1. The Morgan fingerprint density at radius 1 is 0.952 bits per heavy atom. The van der Waals surface area contributed by atoms with Gasteiger partial charge in [0.05, 0.1) is 24.8 Å². The lowest BCUT2D eigenvalue weighted by atomic mass is 10.1. The Kier molecular flexibility index (Phi) is 11.2. The highest BCUT2D eigenvalue weighted by Crippen LogP contribution is 2.32. The van der Waals surface area contributed by atoms with Crippen molar-refractivity contribution in [3.05, 3.63) is 83.1 Å². The van der Waals surface area contributed by atoms with Crippen molar-refractivity contribution in [1.82, 2.24) is 10.2 Å². The van der Waals surface area contributed by atoms with Crippen LogP contribution in [0, 0.1) is 5.82 Å². The van der Waals surface area contributed by atoms with Crippen molar-refractivity contribution in [3.8, 4) is 11.5 Å². The Bertz CT molecular complexity index is 1480. The van der Waals surface area contributed by atoms with E-state index in [0.29, 0.717) is 16.3 Å². The van der Waals surface area contributed by atoms with E-state index in [0.717, 1.165) is 4.31 Å². The maximum absolute atomic E-state index is 14.1. The Hall–Kier alpha value is -3.83. The fraction of sp³-hybridized carbons (Fsp3) is 0.333. The largest absolute Gasteiger partial charge is 0.493 e. The van der Waals surface area contributed by atoms with Crippen LogP contribution in [0.4, 0.5) is 10.1 Å². The van der Waals surface area contributed by atoms with E-state index in [4.69, 9.17) is 21.1 Å². The molecule has 3 aromatic carbocycles. The van der Waals surface area contributed by atoms with Crippen LogP contribution in [0.2, 0.25) is 5.02 Å². The van der Waals surface area contributed by atoms with E-state index in [-0.39, 0.29) is 41.2 Å². The van der Waals surface area contributed by atoms with Gasteiger partial charge in [-0.05, 0) is 74.4 Å². The molecule has 226 valence electrons. The number of anilines is 1. The molecule has 0 saturated carbocycles. The number of halogens is 2. The highest BCUT2D eigenvalue weighted by Gasteiger charge is 2.34. The third-order valence-electron chi connectivity index (χ3n) is 6.42. The van der Waals surface area contributed by atoms with Gasteiger partial charge < -0.3 is 19.7 Å². The lowest BCUT2D eigenvalue weighted by molar-refractivity contribution is -0.140. The first-order valence-electron chi connectivity index (χ1n) is 13.3. The van der Waals surface area contributed by atoms with Crippen LogP contribution >= 0.6 is 11.6 Å². The van der Waals surface area contributed by atoms with Gasteiger partial charge >= 0.3 is 0 Å². The van der Waals surface area contributed by atoms with Crippen LogP contribution in [0.15, 0.2) is 71.6 Å². The lowest BCUT2D eigenvalue weighted by Crippen LogP contribution is -2.53. The highest BCUT2D eigenvalue weighted by atomic mass is 35.5. The smallest absolute Gasteiger partial charge is 0.264 e. The van der Waals surface area contributed by atoms with E-state index in [1.54, 1.807) is 20.8 Å². The molecular formula is C30H35ClFN3O6S. The summed E-state index contributed by atoms with van der Waals surface area (Å²) in [7, 11) is -1.53. The van der Waals surface area contributed by atoms with Crippen molar-refractivity contribution >= 4 is 39.1 Å². The van der Waals surface area contributed by atoms with E-state index in [2.05, 4.69) is 5.32 Å². The molecule has 0 aliphatic heterocycles. The molecular weight excluding hydrogens is 585 g/mol. The molecule has 0 aliphatic carbocycles. The van der Waals surface area contributed by atoms with Gasteiger partial charge in [0.25, 0.3) is 10.0 Å². The number of rotatable bonds is 13. The predicted molar refractivity (Wildman–Crippen MR) is 160 cm³/mol. The number of sulfonamides is 1. The van der Waals surface area contributed by atoms with Crippen LogP contribution in [0.1, 0.15) is 32.8 Å². The fourth-order valence-corrected chi connectivity index (χ4v) is 5.88. The average Bonchev–Trinajstić information content (AvgIpc) is 2.96. The van der Waals surface area contributed by atoms with E-state index in [1.165, 1.54) is 85.8 Å². The molecule has 1 unspecified atom stereocenters. The number of carbonyl (C=O) groups is 2. The standard InChI is InChI=1S/C30H35ClFN3O6S/c1-6-26(30(37)33-20(2)3)34(18-21-7-11-23(32)12-8-21)29(36)19-35(24-13-9-22(31)10-14-24)42(38,39)25-15-16-27(40-4)28(17-25)41-5/h7-17,20,26H,6,18-19H2,1-5H3,(H,33,37). The third-order valence-corrected chi connectivity index (χ3v) is 8.44. The maximum atomic E-state index is 14.1. The molecule has 3 aromatic rings. The Morgan fingerprint density at radius 3 is 2.12 bits per heavy atom. The van der Waals surface area contributed by atoms with Gasteiger partial charge in [-0.1, -0.05) is 30.7 Å². The minimum absolute atomic E-state index is 0.0476. The normalized spacial score (nSPS) is 12.0. The van der Waals surface area contributed by atoms with Gasteiger partial charge in [0, 0.05) is 23.7 Å². The highest BCUT2D eigenvalue weighted by molar-refractivity contribution is 7.92. The quantitative estimate of drug-likeness (QED) is 0.288. The van der Waals surface area contributed by atoms with Crippen molar-refractivity contribution in [2.24, 2.45) is 0 Å². The number of nitrogens with zero attached hydrogens (tertiary/aromatic N) is 2. The summed E-state index contributed by atoms with van der Waals surface area (Å²) in [4.78, 5) is 28.4. The van der Waals surface area contributed by atoms with Gasteiger partial charge in [-0.2, -0.15) is 0 Å². The monoisotopic (exact) mass is 619 g/mol. The molecule has 1 N–H and O–H groups in total. The topological polar surface area (TPSA) is 105 Å². The summed E-state index contributed by atoms with van der Waals surface area (Å²) < 4.78 is 53.2. The molecule has 12 heteroatoms. The molecule has 0 radical (unpaired) electrons. The minimum Gasteiger partial charge on any atom is -0.493 e. The number of benzene rings is 3. The first kappa shape index (κ1) is 32.7. The number of amides is 2. The second-order valence-electron chi connectivity index (χ2n) is 9.74. The summed E-state index contributed by atoms with van der Waals surface area (Å²) in [5.74, 6) is -0.947. The molecule has 3 rings (SSSR count). The number of methoxy groups -OCH3 is 2. The number of hydrogen-bond acceptors (Lipinski definition) is 6. The average molecular weight is 620 g/mol. The van der Waals surface area contributed by atoms with Gasteiger partial charge in [-0.25, -0.2) is 12.8 Å². The SMILES string of the molecule is CCC(C(=O)NC(C)C)N(Cc1ccc(F)cc1)C(=O)CN(c1ccc(Cl)cc1)S(=O)(=O)c1ccc(OC)c(OC)c1. The van der Waals surface area contributed by atoms with Gasteiger partial charge in [0.2, 0.25) is 11.8 Å². The molecule has 0 aromatic heterocycles. The third kappa shape index (κ3) is 7.92. The van der Waals surface area contributed by atoms with Crippen LogP contribution in [-0.2, 0) is 26.2 Å². The van der Waals surface area contributed by atoms with Gasteiger partial charge in [0.1, 0.15) is 18.4 Å². The zero-order chi connectivity index (χ0) is 31.0. The number of ether oxygens (including phenoxy) is 2. The van der Waals surface area contributed by atoms with Crippen LogP contribution in [0.3, 0.4) is 0 Å². The Balaban J connectivity index is 2.09. The number of carbonyl (C=O) groups excluding carboxylic acids is 2. The van der Waals surface area contributed by atoms with Gasteiger partial charge in [-0.15, -0.1) is 0 Å². The van der Waals surface area contributed by atoms with Crippen LogP contribution < -0.4 is 19.1 Å². The van der Waals surface area contributed by atoms with E-state index in [1.807, 2.05) is 0 Å². The molecule has 9 nitrogen and oxygen atoms in total. The van der Waals surface area contributed by atoms with Crippen molar-refractivity contribution in [1.29, 1.82) is 0 Å². The fourth-order valence-electron chi connectivity index (χ4n) is 4.33. The van der Waals surface area contributed by atoms with Crippen LogP contribution in [0.25, 0.3) is 0 Å². The summed E-state index contributed by atoms with van der Waals surface area (Å²) in [5.41, 5.74) is 0.755. The summed E-state index contributed by atoms with van der Waals surface area (Å²) in [6, 6.07) is 14.6. The molecule has 0 saturated heterocycles. The molecule has 0 spiro atoms. The molecule has 2 amide bonds. The summed E-state index contributed by atoms with van der Waals surface area (Å²) in [6.45, 7) is 4.68. The zero-order valence-corrected chi connectivity index (χ0v) is 25.7. The first-order chi connectivity index (χ1) is 19.9. The first-order valence-corrected chi connectivity index (χ1v) is 15.1. The van der Waals surface area contributed by atoms with Crippen molar-refractivity contribution in [2.45, 2.75) is 50.7 Å². The molecule has 0 aliphatic rings.